The third-order valence-corrected chi connectivity index (χ3v) is 6.20. The lowest BCUT2D eigenvalue weighted by Gasteiger charge is -2.08. The first-order valence-electron chi connectivity index (χ1n) is 11.2. The van der Waals surface area contributed by atoms with Gasteiger partial charge in [-0.25, -0.2) is 0 Å². The SMILES string of the molecule is Oc1c2c(Cl)cc(C#CCN3CCCC3)cc2cn1Cc1ccc(Oc2ccccc2)cc1. The summed E-state index contributed by atoms with van der Waals surface area (Å²) in [5.41, 5.74) is 1.92. The van der Waals surface area contributed by atoms with E-state index in [1.54, 1.807) is 0 Å². The van der Waals surface area contributed by atoms with Crippen LogP contribution in [0, 0.1) is 11.8 Å². The zero-order valence-electron chi connectivity index (χ0n) is 18.3. The molecule has 1 aromatic heterocycles. The van der Waals surface area contributed by atoms with E-state index in [1.165, 1.54) is 12.8 Å². The van der Waals surface area contributed by atoms with Crippen LogP contribution in [0.15, 0.2) is 72.9 Å². The minimum absolute atomic E-state index is 0.163. The van der Waals surface area contributed by atoms with Crippen LogP contribution in [0.2, 0.25) is 5.02 Å². The number of halogens is 1. The average Bonchev–Trinajstić information content (AvgIpc) is 3.44. The maximum Gasteiger partial charge on any atom is 0.200 e. The molecule has 0 amide bonds. The highest BCUT2D eigenvalue weighted by atomic mass is 35.5. The molecule has 0 radical (unpaired) electrons. The quantitative estimate of drug-likeness (QED) is 0.359. The maximum absolute atomic E-state index is 10.8. The monoisotopic (exact) mass is 456 g/mol. The molecular weight excluding hydrogens is 432 g/mol. The van der Waals surface area contributed by atoms with Gasteiger partial charge in [-0.2, -0.15) is 0 Å². The van der Waals surface area contributed by atoms with Gasteiger partial charge in [0.05, 0.1) is 23.5 Å². The highest BCUT2D eigenvalue weighted by Crippen LogP contribution is 2.35. The molecule has 0 spiro atoms. The molecule has 5 rings (SSSR count). The second-order valence-corrected chi connectivity index (χ2v) is 8.75. The van der Waals surface area contributed by atoms with Crippen LogP contribution in [0.1, 0.15) is 24.0 Å². The van der Waals surface area contributed by atoms with Crippen molar-refractivity contribution in [1.29, 1.82) is 0 Å². The van der Waals surface area contributed by atoms with Crippen molar-refractivity contribution in [1.82, 2.24) is 9.47 Å². The number of hydrogen-bond donors (Lipinski definition) is 1. The number of likely N-dealkylation sites (tertiary alicyclic amines) is 1. The molecule has 1 aliphatic rings. The van der Waals surface area contributed by atoms with E-state index in [2.05, 4.69) is 16.7 Å². The van der Waals surface area contributed by atoms with E-state index in [0.717, 1.165) is 47.6 Å². The van der Waals surface area contributed by atoms with Crippen molar-refractivity contribution in [3.05, 3.63) is 89.1 Å². The summed E-state index contributed by atoms with van der Waals surface area (Å²) >= 11 is 6.52. The van der Waals surface area contributed by atoms with Crippen LogP contribution in [-0.4, -0.2) is 34.2 Å². The van der Waals surface area contributed by atoms with E-state index in [-0.39, 0.29) is 5.88 Å². The minimum atomic E-state index is 0.163. The molecule has 1 aliphatic heterocycles. The predicted octanol–water partition coefficient (Wildman–Crippen LogP) is 6.29. The Morgan fingerprint density at radius 2 is 1.67 bits per heavy atom. The molecule has 1 N–H and O–H groups in total. The van der Waals surface area contributed by atoms with Gasteiger partial charge < -0.3 is 14.4 Å². The third-order valence-electron chi connectivity index (χ3n) is 5.90. The number of benzene rings is 3. The Labute approximate surface area is 199 Å². The van der Waals surface area contributed by atoms with Crippen LogP contribution in [0.4, 0.5) is 0 Å². The third kappa shape index (κ3) is 5.01. The molecule has 1 saturated heterocycles. The Morgan fingerprint density at radius 3 is 2.42 bits per heavy atom. The van der Waals surface area contributed by atoms with Gasteiger partial charge in [-0.05, 0) is 67.9 Å². The molecule has 1 fully saturated rings. The smallest absolute Gasteiger partial charge is 0.200 e. The number of para-hydroxylation sites is 1. The van der Waals surface area contributed by atoms with Crippen molar-refractivity contribution in [2.45, 2.75) is 19.4 Å². The van der Waals surface area contributed by atoms with Crippen molar-refractivity contribution >= 4 is 22.4 Å². The van der Waals surface area contributed by atoms with Crippen LogP contribution < -0.4 is 4.74 Å². The van der Waals surface area contributed by atoms with Gasteiger partial charge in [0.25, 0.3) is 0 Å². The van der Waals surface area contributed by atoms with E-state index in [9.17, 15) is 5.11 Å². The van der Waals surface area contributed by atoms with Crippen LogP contribution in [0.3, 0.4) is 0 Å². The molecule has 0 saturated carbocycles. The van der Waals surface area contributed by atoms with Gasteiger partial charge >= 0.3 is 0 Å². The molecule has 4 nitrogen and oxygen atoms in total. The molecule has 0 unspecified atom stereocenters. The molecule has 0 atom stereocenters. The largest absolute Gasteiger partial charge is 0.494 e. The second-order valence-electron chi connectivity index (χ2n) is 8.35. The van der Waals surface area contributed by atoms with Crippen molar-refractivity contribution < 1.29 is 9.84 Å². The van der Waals surface area contributed by atoms with Crippen molar-refractivity contribution in [3.8, 4) is 29.2 Å². The molecular formula is C28H25ClN2O2. The fourth-order valence-electron chi connectivity index (χ4n) is 4.21. The lowest BCUT2D eigenvalue weighted by atomic mass is 10.1. The number of fused-ring (bicyclic) bond motifs is 1. The van der Waals surface area contributed by atoms with E-state index >= 15 is 0 Å². The number of aromatic hydroxyl groups is 1. The lowest BCUT2D eigenvalue weighted by Crippen LogP contribution is -2.18. The number of nitrogens with zero attached hydrogens (tertiary/aromatic N) is 2. The van der Waals surface area contributed by atoms with Gasteiger partial charge in [-0.3, -0.25) is 4.90 Å². The Balaban J connectivity index is 1.32. The van der Waals surface area contributed by atoms with Crippen LogP contribution in [0.5, 0.6) is 17.4 Å². The number of rotatable bonds is 5. The summed E-state index contributed by atoms with van der Waals surface area (Å²) in [7, 11) is 0. The number of hydrogen-bond acceptors (Lipinski definition) is 3. The van der Waals surface area contributed by atoms with Crippen LogP contribution >= 0.6 is 11.6 Å². The molecule has 4 aromatic rings. The summed E-state index contributed by atoms with van der Waals surface area (Å²) in [6.07, 6.45) is 4.45. The molecule has 0 bridgehead atoms. The Bertz CT molecular complexity index is 1310. The normalized spacial score (nSPS) is 13.7. The van der Waals surface area contributed by atoms with Gasteiger partial charge in [0.15, 0.2) is 0 Å². The van der Waals surface area contributed by atoms with E-state index in [1.807, 2.05) is 77.5 Å². The van der Waals surface area contributed by atoms with Crippen LogP contribution in [-0.2, 0) is 6.54 Å². The first-order chi connectivity index (χ1) is 16.2. The minimum Gasteiger partial charge on any atom is -0.494 e. The van der Waals surface area contributed by atoms with Gasteiger partial charge in [-0.1, -0.05) is 53.8 Å². The zero-order valence-corrected chi connectivity index (χ0v) is 19.1. The second kappa shape index (κ2) is 9.62. The zero-order chi connectivity index (χ0) is 22.6. The molecule has 3 aromatic carbocycles. The molecule has 2 heterocycles. The van der Waals surface area contributed by atoms with Gasteiger partial charge in [0.1, 0.15) is 11.5 Å². The maximum atomic E-state index is 10.8. The Morgan fingerprint density at radius 1 is 0.939 bits per heavy atom. The molecule has 0 aliphatic carbocycles. The fraction of sp³-hybridized carbons (Fsp3) is 0.214. The Hall–Kier alpha value is -3.39. The summed E-state index contributed by atoms with van der Waals surface area (Å²) in [6, 6.07) is 21.4. The van der Waals surface area contributed by atoms with Gasteiger partial charge in [0.2, 0.25) is 5.88 Å². The first kappa shape index (κ1) is 21.5. The van der Waals surface area contributed by atoms with Crippen molar-refractivity contribution in [2.24, 2.45) is 0 Å². The lowest BCUT2D eigenvalue weighted by molar-refractivity contribution is 0.383. The highest BCUT2D eigenvalue weighted by Gasteiger charge is 2.13. The van der Waals surface area contributed by atoms with Gasteiger partial charge in [-0.15, -0.1) is 0 Å². The van der Waals surface area contributed by atoms with Crippen LogP contribution in [0.25, 0.3) is 10.8 Å². The summed E-state index contributed by atoms with van der Waals surface area (Å²) < 4.78 is 7.67. The topological polar surface area (TPSA) is 37.6 Å². The first-order valence-corrected chi connectivity index (χ1v) is 11.6. The van der Waals surface area contributed by atoms with E-state index in [0.29, 0.717) is 17.0 Å². The van der Waals surface area contributed by atoms with Crippen molar-refractivity contribution in [2.75, 3.05) is 19.6 Å². The van der Waals surface area contributed by atoms with Crippen molar-refractivity contribution in [3.63, 3.8) is 0 Å². The fourth-order valence-corrected chi connectivity index (χ4v) is 4.52. The highest BCUT2D eigenvalue weighted by molar-refractivity contribution is 6.36. The average molecular weight is 457 g/mol. The number of aromatic nitrogens is 1. The molecule has 33 heavy (non-hydrogen) atoms. The summed E-state index contributed by atoms with van der Waals surface area (Å²) in [4.78, 5) is 2.37. The van der Waals surface area contributed by atoms with E-state index < -0.39 is 0 Å². The standard InChI is InChI=1S/C28H25ClN2O2/c29-26-18-22(7-6-16-30-14-4-5-15-30)17-23-20-31(28(32)27(23)26)19-21-10-12-25(13-11-21)33-24-8-2-1-3-9-24/h1-3,8-13,17-18,20,32H,4-5,14-16,19H2. The number of ether oxygens (including phenoxy) is 1. The summed E-state index contributed by atoms with van der Waals surface area (Å²) in [5, 5.41) is 12.9. The molecule has 5 heteroatoms. The van der Waals surface area contributed by atoms with Gasteiger partial charge in [0, 0.05) is 17.1 Å². The Kier molecular flexibility index (Phi) is 6.26. The summed E-state index contributed by atoms with van der Waals surface area (Å²) in [6.45, 7) is 3.57. The molecule has 166 valence electrons. The summed E-state index contributed by atoms with van der Waals surface area (Å²) in [5.74, 6) is 8.22. The van der Waals surface area contributed by atoms with E-state index in [4.69, 9.17) is 16.3 Å². The predicted molar refractivity (Wildman–Crippen MR) is 133 cm³/mol.